The van der Waals surface area contributed by atoms with Crippen molar-refractivity contribution in [1.29, 1.82) is 0 Å². The van der Waals surface area contributed by atoms with E-state index in [-0.39, 0.29) is 11.4 Å². The van der Waals surface area contributed by atoms with E-state index in [9.17, 15) is 4.79 Å². The zero-order chi connectivity index (χ0) is 11.7. The predicted molar refractivity (Wildman–Crippen MR) is 68.3 cm³/mol. The van der Waals surface area contributed by atoms with Crippen molar-refractivity contribution >= 4 is 22.3 Å². The van der Waals surface area contributed by atoms with Crippen LogP contribution in [-0.4, -0.2) is 36.5 Å². The van der Waals surface area contributed by atoms with Crippen LogP contribution in [0.25, 0.3) is 0 Å². The van der Waals surface area contributed by atoms with Gasteiger partial charge in [-0.05, 0) is 26.0 Å². The lowest BCUT2D eigenvalue weighted by molar-refractivity contribution is 0.0526. The van der Waals surface area contributed by atoms with Gasteiger partial charge in [-0.15, -0.1) is 11.3 Å². The number of carbonyl (C=O) groups is 1. The van der Waals surface area contributed by atoms with Crippen molar-refractivity contribution < 1.29 is 15.0 Å². The fraction of sp³-hybridized carbons (Fsp3) is 0.545. The first kappa shape index (κ1) is 14.0. The Kier molecular flexibility index (Phi) is 4.50. The maximum atomic E-state index is 11.8. The zero-order valence-corrected chi connectivity index (χ0v) is 10.9. The van der Waals surface area contributed by atoms with Crippen molar-refractivity contribution in [1.82, 2.24) is 4.90 Å². The average Bonchev–Trinajstić information content (AvgIpc) is 2.53. The van der Waals surface area contributed by atoms with Crippen LogP contribution in [0, 0.1) is 0 Å². The van der Waals surface area contributed by atoms with Crippen molar-refractivity contribution in [2.45, 2.75) is 19.9 Å². The predicted octanol–water partition coefficient (Wildman–Crippen LogP) is 0.670. The second-order valence-corrected chi connectivity index (χ2v) is 5.09. The van der Waals surface area contributed by atoms with Crippen molar-refractivity contribution in [2.75, 3.05) is 25.9 Å². The van der Waals surface area contributed by atoms with Crippen LogP contribution in [0.1, 0.15) is 27.7 Å². The lowest BCUT2D eigenvalue weighted by Gasteiger charge is -2.22. The van der Waals surface area contributed by atoms with E-state index in [1.165, 1.54) is 16.2 Å². The minimum Gasteiger partial charge on any atom is -0.462 e. The van der Waals surface area contributed by atoms with Gasteiger partial charge in [-0.2, -0.15) is 0 Å². The Bertz CT molecular complexity index is 417. The van der Waals surface area contributed by atoms with E-state index >= 15 is 0 Å². The molecule has 0 amide bonds. The van der Waals surface area contributed by atoms with Crippen LogP contribution < -0.4 is 5.73 Å². The Morgan fingerprint density at radius 3 is 2.94 bits per heavy atom. The molecule has 0 atom stereocenters. The summed E-state index contributed by atoms with van der Waals surface area (Å²) in [5.41, 5.74) is 7.60. The van der Waals surface area contributed by atoms with E-state index in [1.807, 2.05) is 0 Å². The molecule has 96 valence electrons. The van der Waals surface area contributed by atoms with Gasteiger partial charge in [0.05, 0.1) is 12.2 Å². The third kappa shape index (κ3) is 2.59. The molecule has 0 spiro atoms. The van der Waals surface area contributed by atoms with Gasteiger partial charge in [0.2, 0.25) is 0 Å². The summed E-state index contributed by atoms with van der Waals surface area (Å²) in [6.07, 6.45) is 0.883. The first-order valence-corrected chi connectivity index (χ1v) is 6.20. The molecule has 4 N–H and O–H groups in total. The number of anilines is 1. The summed E-state index contributed by atoms with van der Waals surface area (Å²) in [6, 6.07) is 0. The number of nitrogens with zero attached hydrogens (tertiary/aromatic N) is 1. The molecule has 1 aliphatic heterocycles. The Morgan fingerprint density at radius 2 is 2.29 bits per heavy atom. The Morgan fingerprint density at radius 1 is 1.59 bits per heavy atom. The highest BCUT2D eigenvalue weighted by atomic mass is 32.1. The fourth-order valence-corrected chi connectivity index (χ4v) is 3.17. The maximum absolute atomic E-state index is 11.8. The second-order valence-electron chi connectivity index (χ2n) is 3.95. The van der Waals surface area contributed by atoms with Crippen molar-refractivity contribution in [3.8, 4) is 0 Å². The van der Waals surface area contributed by atoms with Crippen LogP contribution >= 0.6 is 11.3 Å². The topological polar surface area (TPSA) is 87.1 Å². The molecule has 0 bridgehead atoms. The Labute approximate surface area is 104 Å². The standard InChI is InChI=1S/C11H16N2O2S.H2O/c1-3-15-11(14)9-7-4-5-13(2)6-8(7)16-10(9)12;/h3-6,12H2,1-2H3;1H2. The molecule has 1 aromatic heterocycles. The number of thiophene rings is 1. The van der Waals surface area contributed by atoms with Crippen molar-refractivity contribution in [2.24, 2.45) is 0 Å². The van der Waals surface area contributed by atoms with Gasteiger partial charge in [-0.25, -0.2) is 4.79 Å². The first-order chi connectivity index (χ1) is 7.63. The molecule has 1 aliphatic rings. The second kappa shape index (κ2) is 5.48. The fourth-order valence-electron chi connectivity index (χ4n) is 1.98. The molecule has 2 rings (SSSR count). The molecule has 0 unspecified atom stereocenters. The highest BCUT2D eigenvalue weighted by Crippen LogP contribution is 2.35. The van der Waals surface area contributed by atoms with Gasteiger partial charge < -0.3 is 20.8 Å². The van der Waals surface area contributed by atoms with Gasteiger partial charge in [0, 0.05) is 18.0 Å². The Hall–Kier alpha value is -1.11. The maximum Gasteiger partial charge on any atom is 0.341 e. The number of nitrogens with two attached hydrogens (primary N) is 1. The summed E-state index contributed by atoms with van der Waals surface area (Å²) < 4.78 is 5.03. The number of carbonyl (C=O) groups excluding carboxylic acids is 1. The summed E-state index contributed by atoms with van der Waals surface area (Å²) in [5.74, 6) is -0.276. The van der Waals surface area contributed by atoms with Crippen LogP contribution in [0.5, 0.6) is 0 Å². The minimum atomic E-state index is -0.276. The highest BCUT2D eigenvalue weighted by molar-refractivity contribution is 7.16. The quantitative estimate of drug-likeness (QED) is 0.790. The van der Waals surface area contributed by atoms with Crippen LogP contribution in [0.3, 0.4) is 0 Å². The normalized spacial score (nSPS) is 14.9. The average molecular weight is 258 g/mol. The van der Waals surface area contributed by atoms with E-state index in [4.69, 9.17) is 10.5 Å². The molecule has 0 saturated heterocycles. The summed E-state index contributed by atoms with van der Waals surface area (Å²) in [6.45, 7) is 4.04. The molecule has 0 radical (unpaired) electrons. The van der Waals surface area contributed by atoms with E-state index < -0.39 is 0 Å². The first-order valence-electron chi connectivity index (χ1n) is 5.39. The molecule has 6 heteroatoms. The van der Waals surface area contributed by atoms with Crippen LogP contribution in [0.2, 0.25) is 0 Å². The number of likely N-dealkylation sites (N-methyl/N-ethyl adjacent to an activating group) is 1. The molecule has 0 saturated carbocycles. The molecule has 17 heavy (non-hydrogen) atoms. The third-order valence-corrected chi connectivity index (χ3v) is 3.80. The summed E-state index contributed by atoms with van der Waals surface area (Å²) in [4.78, 5) is 15.2. The lowest BCUT2D eigenvalue weighted by Crippen LogP contribution is -2.26. The number of nitrogen functional groups attached to an aromatic ring is 1. The van der Waals surface area contributed by atoms with Crippen LogP contribution in [0.15, 0.2) is 0 Å². The molecule has 0 aromatic carbocycles. The minimum absolute atomic E-state index is 0. The zero-order valence-electron chi connectivity index (χ0n) is 10.1. The van der Waals surface area contributed by atoms with Crippen molar-refractivity contribution in [3.63, 3.8) is 0 Å². The third-order valence-electron chi connectivity index (χ3n) is 2.75. The van der Waals surface area contributed by atoms with Gasteiger partial charge in [-0.3, -0.25) is 0 Å². The molecular weight excluding hydrogens is 240 g/mol. The summed E-state index contributed by atoms with van der Waals surface area (Å²) >= 11 is 1.51. The van der Waals surface area contributed by atoms with Gasteiger partial charge in [-0.1, -0.05) is 0 Å². The lowest BCUT2D eigenvalue weighted by atomic mass is 10.0. The number of fused-ring (bicyclic) bond motifs is 1. The van der Waals surface area contributed by atoms with E-state index in [0.717, 1.165) is 25.1 Å². The molecule has 0 aliphatic carbocycles. The van der Waals surface area contributed by atoms with Crippen LogP contribution in [-0.2, 0) is 17.7 Å². The molecule has 5 nitrogen and oxygen atoms in total. The van der Waals surface area contributed by atoms with Gasteiger partial charge in [0.15, 0.2) is 0 Å². The van der Waals surface area contributed by atoms with Crippen LogP contribution in [0.4, 0.5) is 5.00 Å². The highest BCUT2D eigenvalue weighted by Gasteiger charge is 2.26. The monoisotopic (exact) mass is 258 g/mol. The molecule has 0 fully saturated rings. The summed E-state index contributed by atoms with van der Waals surface area (Å²) in [5, 5.41) is 0.596. The largest absolute Gasteiger partial charge is 0.462 e. The molecule has 2 heterocycles. The smallest absolute Gasteiger partial charge is 0.341 e. The number of esters is 1. The summed E-state index contributed by atoms with van der Waals surface area (Å²) in [7, 11) is 2.07. The number of ether oxygens (including phenoxy) is 1. The molecule has 1 aromatic rings. The number of rotatable bonds is 2. The van der Waals surface area contributed by atoms with E-state index in [1.54, 1.807) is 6.92 Å². The van der Waals surface area contributed by atoms with Crippen molar-refractivity contribution in [3.05, 3.63) is 16.0 Å². The number of hydrogen-bond donors (Lipinski definition) is 1. The molecular formula is C11H18N2O3S. The van der Waals surface area contributed by atoms with E-state index in [0.29, 0.717) is 17.2 Å². The number of hydrogen-bond acceptors (Lipinski definition) is 5. The van der Waals surface area contributed by atoms with Gasteiger partial charge in [0.1, 0.15) is 5.00 Å². The SMILES string of the molecule is CCOC(=O)c1c(N)sc2c1CCN(C)C2.O. The van der Waals surface area contributed by atoms with E-state index in [2.05, 4.69) is 11.9 Å². The van der Waals surface area contributed by atoms with Gasteiger partial charge in [0.25, 0.3) is 0 Å². The van der Waals surface area contributed by atoms with Gasteiger partial charge >= 0.3 is 5.97 Å². The Balaban J connectivity index is 0.00000144.